The predicted molar refractivity (Wildman–Crippen MR) is 126 cm³/mol. The third-order valence-corrected chi connectivity index (χ3v) is 6.33. The molecular formula is C26H15F2NO4S. The monoisotopic (exact) mass is 475 g/mol. The Labute approximate surface area is 195 Å². The molecule has 5 nitrogen and oxygen atoms in total. The summed E-state index contributed by atoms with van der Waals surface area (Å²) < 4.78 is 34.4. The van der Waals surface area contributed by atoms with Crippen molar-refractivity contribution < 1.29 is 18.3 Å². The first-order valence-corrected chi connectivity index (χ1v) is 11.0. The number of pyridine rings is 1. The van der Waals surface area contributed by atoms with E-state index in [-0.39, 0.29) is 20.8 Å². The molecule has 2 heterocycles. The Morgan fingerprint density at radius 3 is 2.24 bits per heavy atom. The molecule has 8 heteroatoms. The standard InChI is InChI=1S/C26H15F2NO4S/c27-16-10-12-17(13-11-16)29-19(15-6-2-1-3-7-15)14-20-22(25(29)31)23(30)24(26(32)33-20)34-21-9-5-4-8-18(21)28/h1-14,30H. The molecule has 0 aliphatic carbocycles. The van der Waals surface area contributed by atoms with E-state index in [4.69, 9.17) is 4.42 Å². The van der Waals surface area contributed by atoms with Crippen molar-refractivity contribution in [1.29, 1.82) is 0 Å². The summed E-state index contributed by atoms with van der Waals surface area (Å²) >= 11 is 0.666. The molecule has 0 radical (unpaired) electrons. The third kappa shape index (κ3) is 3.78. The number of benzene rings is 3. The Hall–Kier alpha value is -4.17. The van der Waals surface area contributed by atoms with Gasteiger partial charge in [0.05, 0.1) is 5.69 Å². The van der Waals surface area contributed by atoms with Crippen LogP contribution in [0.15, 0.2) is 109 Å². The number of halogens is 2. The number of rotatable bonds is 4. The summed E-state index contributed by atoms with van der Waals surface area (Å²) in [4.78, 5) is 26.2. The molecule has 0 aliphatic heterocycles. The lowest BCUT2D eigenvalue weighted by molar-refractivity contribution is 0.446. The van der Waals surface area contributed by atoms with Crippen LogP contribution in [-0.4, -0.2) is 9.67 Å². The quantitative estimate of drug-likeness (QED) is 0.359. The van der Waals surface area contributed by atoms with E-state index in [1.165, 1.54) is 53.1 Å². The second-order valence-electron chi connectivity index (χ2n) is 7.35. The topological polar surface area (TPSA) is 72.4 Å². The van der Waals surface area contributed by atoms with Gasteiger partial charge < -0.3 is 9.52 Å². The van der Waals surface area contributed by atoms with E-state index in [0.29, 0.717) is 28.7 Å². The molecule has 2 aromatic heterocycles. The summed E-state index contributed by atoms with van der Waals surface area (Å²) in [5, 5.41) is 10.7. The summed E-state index contributed by atoms with van der Waals surface area (Å²) in [7, 11) is 0. The van der Waals surface area contributed by atoms with Crippen molar-refractivity contribution in [3.63, 3.8) is 0 Å². The molecule has 3 aromatic carbocycles. The maximum Gasteiger partial charge on any atom is 0.354 e. The van der Waals surface area contributed by atoms with Crippen molar-refractivity contribution in [2.45, 2.75) is 9.79 Å². The van der Waals surface area contributed by atoms with Gasteiger partial charge in [-0.25, -0.2) is 13.6 Å². The van der Waals surface area contributed by atoms with Gasteiger partial charge in [-0.15, -0.1) is 0 Å². The van der Waals surface area contributed by atoms with Crippen LogP contribution in [0.1, 0.15) is 0 Å². The van der Waals surface area contributed by atoms with Gasteiger partial charge in [0, 0.05) is 16.6 Å². The lowest BCUT2D eigenvalue weighted by atomic mass is 10.1. The van der Waals surface area contributed by atoms with Crippen molar-refractivity contribution in [3.05, 3.63) is 117 Å². The van der Waals surface area contributed by atoms with Crippen molar-refractivity contribution in [2.75, 3.05) is 0 Å². The minimum Gasteiger partial charge on any atom is -0.505 e. The van der Waals surface area contributed by atoms with Gasteiger partial charge in [-0.05, 0) is 42.0 Å². The van der Waals surface area contributed by atoms with Crippen LogP contribution in [0, 0.1) is 11.6 Å². The second-order valence-corrected chi connectivity index (χ2v) is 8.40. The van der Waals surface area contributed by atoms with E-state index in [1.807, 2.05) is 6.07 Å². The molecule has 0 amide bonds. The third-order valence-electron chi connectivity index (χ3n) is 5.22. The summed E-state index contributed by atoms with van der Waals surface area (Å²) in [6.07, 6.45) is 0. The summed E-state index contributed by atoms with van der Waals surface area (Å²) in [6, 6.07) is 21.4. The molecule has 168 valence electrons. The predicted octanol–water partition coefficient (Wildman–Crippen LogP) is 5.75. The minimum absolute atomic E-state index is 0.0872. The Morgan fingerprint density at radius 1 is 0.853 bits per heavy atom. The second kappa shape index (κ2) is 8.64. The fourth-order valence-electron chi connectivity index (χ4n) is 3.64. The van der Waals surface area contributed by atoms with Gasteiger partial charge in [-0.1, -0.05) is 54.2 Å². The molecule has 5 aromatic rings. The zero-order valence-corrected chi connectivity index (χ0v) is 18.2. The Bertz CT molecular complexity index is 1640. The van der Waals surface area contributed by atoms with Crippen molar-refractivity contribution in [2.24, 2.45) is 0 Å². The molecule has 34 heavy (non-hydrogen) atoms. The molecule has 1 N–H and O–H groups in total. The highest BCUT2D eigenvalue weighted by molar-refractivity contribution is 7.99. The Kier molecular flexibility index (Phi) is 5.51. The van der Waals surface area contributed by atoms with Crippen LogP contribution >= 0.6 is 11.8 Å². The van der Waals surface area contributed by atoms with Crippen LogP contribution in [0.2, 0.25) is 0 Å². The van der Waals surface area contributed by atoms with E-state index >= 15 is 0 Å². The molecule has 0 unspecified atom stereocenters. The average molecular weight is 475 g/mol. The van der Waals surface area contributed by atoms with Crippen LogP contribution in [0.5, 0.6) is 5.75 Å². The smallest absolute Gasteiger partial charge is 0.354 e. The highest BCUT2D eigenvalue weighted by Crippen LogP contribution is 2.37. The lowest BCUT2D eigenvalue weighted by Gasteiger charge is -2.15. The van der Waals surface area contributed by atoms with Crippen LogP contribution in [0.3, 0.4) is 0 Å². The number of nitrogens with zero attached hydrogens (tertiary/aromatic N) is 1. The zero-order valence-electron chi connectivity index (χ0n) is 17.4. The largest absolute Gasteiger partial charge is 0.505 e. The van der Waals surface area contributed by atoms with Crippen LogP contribution < -0.4 is 11.2 Å². The lowest BCUT2D eigenvalue weighted by Crippen LogP contribution is -2.21. The van der Waals surface area contributed by atoms with E-state index in [2.05, 4.69) is 0 Å². The SMILES string of the molecule is O=c1oc2cc(-c3ccccc3)n(-c3ccc(F)cc3)c(=O)c2c(O)c1Sc1ccccc1F. The highest BCUT2D eigenvalue weighted by Gasteiger charge is 2.23. The van der Waals surface area contributed by atoms with E-state index in [0.717, 1.165) is 0 Å². The summed E-state index contributed by atoms with van der Waals surface area (Å²) in [5.41, 5.74) is -0.348. The number of aromatic nitrogens is 1. The first-order valence-electron chi connectivity index (χ1n) is 10.1. The Morgan fingerprint density at radius 2 is 1.53 bits per heavy atom. The maximum absolute atomic E-state index is 14.2. The van der Waals surface area contributed by atoms with E-state index in [9.17, 15) is 23.5 Å². The fourth-order valence-corrected chi connectivity index (χ4v) is 4.49. The van der Waals surface area contributed by atoms with E-state index in [1.54, 1.807) is 30.3 Å². The van der Waals surface area contributed by atoms with Gasteiger partial charge >= 0.3 is 5.63 Å². The summed E-state index contributed by atoms with van der Waals surface area (Å²) in [5.74, 6) is -1.68. The molecule has 5 rings (SSSR count). The number of hydrogen-bond donors (Lipinski definition) is 1. The van der Waals surface area contributed by atoms with Gasteiger partial charge in [-0.3, -0.25) is 9.36 Å². The van der Waals surface area contributed by atoms with Crippen molar-refractivity contribution in [1.82, 2.24) is 4.57 Å². The first kappa shape index (κ1) is 21.7. The van der Waals surface area contributed by atoms with Crippen molar-refractivity contribution in [3.8, 4) is 22.7 Å². The van der Waals surface area contributed by atoms with Crippen molar-refractivity contribution >= 4 is 22.7 Å². The van der Waals surface area contributed by atoms with Gasteiger partial charge in [0.1, 0.15) is 27.5 Å². The first-order chi connectivity index (χ1) is 16.4. The van der Waals surface area contributed by atoms with E-state index < -0.39 is 28.6 Å². The molecule has 0 saturated carbocycles. The van der Waals surface area contributed by atoms with Crippen LogP contribution in [-0.2, 0) is 0 Å². The normalized spacial score (nSPS) is 11.1. The summed E-state index contributed by atoms with van der Waals surface area (Å²) in [6.45, 7) is 0. The van der Waals surface area contributed by atoms with Gasteiger partial charge in [0.25, 0.3) is 5.56 Å². The Balaban J connectivity index is 1.82. The molecule has 0 atom stereocenters. The number of hydrogen-bond acceptors (Lipinski definition) is 5. The van der Waals surface area contributed by atoms with Gasteiger partial charge in [0.15, 0.2) is 5.75 Å². The number of aromatic hydroxyl groups is 1. The van der Waals surface area contributed by atoms with Gasteiger partial charge in [0.2, 0.25) is 0 Å². The molecule has 0 aliphatic rings. The fraction of sp³-hybridized carbons (Fsp3) is 0. The highest BCUT2D eigenvalue weighted by atomic mass is 32.2. The molecule has 0 bridgehead atoms. The number of fused-ring (bicyclic) bond motifs is 1. The molecule has 0 spiro atoms. The average Bonchev–Trinajstić information content (AvgIpc) is 2.84. The van der Waals surface area contributed by atoms with Crippen LogP contribution in [0.25, 0.3) is 27.9 Å². The van der Waals surface area contributed by atoms with Gasteiger partial charge in [-0.2, -0.15) is 0 Å². The zero-order chi connectivity index (χ0) is 23.8. The molecular weight excluding hydrogens is 460 g/mol. The maximum atomic E-state index is 14.2. The molecule has 0 fully saturated rings. The molecule has 0 saturated heterocycles. The minimum atomic E-state index is -0.906. The van der Waals surface area contributed by atoms with Crippen LogP contribution in [0.4, 0.5) is 8.78 Å².